The zero-order chi connectivity index (χ0) is 18.0. The molecule has 1 aromatic rings. The lowest BCUT2D eigenvalue weighted by atomic mass is 9.99. The minimum atomic E-state index is -0.868. The Morgan fingerprint density at radius 1 is 1.40 bits per heavy atom. The van der Waals surface area contributed by atoms with Crippen LogP contribution in [0.3, 0.4) is 0 Å². The smallest absolute Gasteiger partial charge is 0.337 e. The fourth-order valence-corrected chi connectivity index (χ4v) is 4.16. The second-order valence-electron chi connectivity index (χ2n) is 5.83. The van der Waals surface area contributed by atoms with Crippen molar-refractivity contribution >= 4 is 41.3 Å². The van der Waals surface area contributed by atoms with Crippen LogP contribution in [0.5, 0.6) is 0 Å². The van der Waals surface area contributed by atoms with Crippen LogP contribution in [-0.4, -0.2) is 59.4 Å². The summed E-state index contributed by atoms with van der Waals surface area (Å²) < 4.78 is 4.63. The molecule has 2 aliphatic rings. The maximum absolute atomic E-state index is 12.5. The topological polar surface area (TPSA) is 105 Å². The summed E-state index contributed by atoms with van der Waals surface area (Å²) in [5, 5.41) is 5.29. The summed E-state index contributed by atoms with van der Waals surface area (Å²) in [5.74, 6) is -0.0801. The molecule has 0 aromatic heterocycles. The van der Waals surface area contributed by atoms with Gasteiger partial charge < -0.3 is 15.4 Å². The Labute approximate surface area is 148 Å². The maximum atomic E-state index is 12.5. The number of hydrogen-bond acceptors (Lipinski definition) is 6. The van der Waals surface area contributed by atoms with Crippen molar-refractivity contribution in [2.24, 2.45) is 0 Å². The molecular formula is C16H17N3O5S. The van der Waals surface area contributed by atoms with Gasteiger partial charge in [0.2, 0.25) is 5.91 Å². The van der Waals surface area contributed by atoms with Crippen LogP contribution >= 0.6 is 11.8 Å². The lowest BCUT2D eigenvalue weighted by molar-refractivity contribution is -0.133. The number of esters is 1. The van der Waals surface area contributed by atoms with Crippen molar-refractivity contribution in [3.8, 4) is 0 Å². The number of nitrogens with zero attached hydrogens (tertiary/aromatic N) is 1. The first kappa shape index (κ1) is 17.3. The minimum absolute atomic E-state index is 0.289. The summed E-state index contributed by atoms with van der Waals surface area (Å²) in [7, 11) is 1.27. The number of nitrogens with one attached hydrogen (secondary N) is 2. The molecule has 2 aliphatic heterocycles. The van der Waals surface area contributed by atoms with E-state index in [1.54, 1.807) is 30.0 Å². The van der Waals surface area contributed by atoms with Gasteiger partial charge in [-0.1, -0.05) is 6.07 Å². The third kappa shape index (κ3) is 3.32. The van der Waals surface area contributed by atoms with Crippen LogP contribution in [0.2, 0.25) is 0 Å². The first-order valence-corrected chi connectivity index (χ1v) is 8.81. The molecule has 25 heavy (non-hydrogen) atoms. The molecule has 0 bridgehead atoms. The Morgan fingerprint density at radius 3 is 2.88 bits per heavy atom. The number of hydrogen-bond donors (Lipinski definition) is 2. The predicted molar refractivity (Wildman–Crippen MR) is 91.3 cm³/mol. The zero-order valence-corrected chi connectivity index (χ0v) is 14.4. The predicted octanol–water partition coefficient (Wildman–Crippen LogP) is 0.839. The standard InChI is InChI=1S/C16H17N3O5S/c1-24-13(21)10-3-2-4-11(7-10)17-12(20)8-19-14(22)16(18-15(19)23)5-6-25-9-16/h2-4,7H,5-6,8-9H2,1H3,(H,17,20)(H,18,23). The Bertz CT molecular complexity index is 745. The summed E-state index contributed by atoms with van der Waals surface area (Å²) in [4.78, 5) is 49.2. The van der Waals surface area contributed by atoms with Gasteiger partial charge in [0.25, 0.3) is 5.91 Å². The second kappa shape index (κ2) is 6.75. The van der Waals surface area contributed by atoms with Crippen molar-refractivity contribution in [2.75, 3.05) is 30.5 Å². The van der Waals surface area contributed by atoms with E-state index in [2.05, 4.69) is 15.4 Å². The number of carbonyl (C=O) groups is 4. The lowest BCUT2D eigenvalue weighted by Gasteiger charge is -2.19. The SMILES string of the molecule is COC(=O)c1cccc(NC(=O)CN2C(=O)NC3(CCSC3)C2=O)c1. The van der Waals surface area contributed by atoms with Crippen LogP contribution in [0, 0.1) is 0 Å². The number of imide groups is 1. The fraction of sp³-hybridized carbons (Fsp3) is 0.375. The van der Waals surface area contributed by atoms with E-state index < -0.39 is 23.4 Å². The monoisotopic (exact) mass is 363 g/mol. The van der Waals surface area contributed by atoms with Gasteiger partial charge in [-0.25, -0.2) is 9.59 Å². The second-order valence-corrected chi connectivity index (χ2v) is 6.93. The number of rotatable bonds is 4. The van der Waals surface area contributed by atoms with E-state index in [9.17, 15) is 19.2 Å². The molecule has 3 rings (SSSR count). The number of urea groups is 1. The summed E-state index contributed by atoms with van der Waals surface area (Å²) in [6.07, 6.45) is 0.571. The third-order valence-corrected chi connectivity index (χ3v) is 5.33. The average molecular weight is 363 g/mol. The van der Waals surface area contributed by atoms with Crippen molar-refractivity contribution in [2.45, 2.75) is 12.0 Å². The molecule has 0 radical (unpaired) electrons. The van der Waals surface area contributed by atoms with E-state index in [0.29, 0.717) is 17.9 Å². The zero-order valence-electron chi connectivity index (χ0n) is 13.5. The van der Waals surface area contributed by atoms with Crippen molar-refractivity contribution < 1.29 is 23.9 Å². The molecule has 1 spiro atoms. The number of methoxy groups -OCH3 is 1. The molecule has 1 unspecified atom stereocenters. The van der Waals surface area contributed by atoms with E-state index in [1.165, 1.54) is 13.2 Å². The summed E-state index contributed by atoms with van der Waals surface area (Å²) in [5.41, 5.74) is -0.198. The highest BCUT2D eigenvalue weighted by Gasteiger charge is 2.53. The molecule has 2 fully saturated rings. The van der Waals surface area contributed by atoms with Gasteiger partial charge >= 0.3 is 12.0 Å². The molecule has 132 valence electrons. The minimum Gasteiger partial charge on any atom is -0.465 e. The van der Waals surface area contributed by atoms with Gasteiger partial charge in [0.05, 0.1) is 12.7 Å². The highest BCUT2D eigenvalue weighted by molar-refractivity contribution is 7.99. The molecule has 1 aromatic carbocycles. The van der Waals surface area contributed by atoms with Crippen LogP contribution < -0.4 is 10.6 Å². The van der Waals surface area contributed by atoms with Crippen molar-refractivity contribution in [3.63, 3.8) is 0 Å². The van der Waals surface area contributed by atoms with Gasteiger partial charge in [-0.3, -0.25) is 14.5 Å². The number of anilines is 1. The van der Waals surface area contributed by atoms with E-state index in [-0.39, 0.29) is 18.0 Å². The fourth-order valence-electron chi connectivity index (χ4n) is 2.84. The Hall–Kier alpha value is -2.55. The molecular weight excluding hydrogens is 346 g/mol. The van der Waals surface area contributed by atoms with Crippen LogP contribution in [-0.2, 0) is 14.3 Å². The van der Waals surface area contributed by atoms with Gasteiger partial charge in [-0.15, -0.1) is 0 Å². The van der Waals surface area contributed by atoms with E-state index in [1.807, 2.05) is 0 Å². The molecule has 0 aliphatic carbocycles. The van der Waals surface area contributed by atoms with Gasteiger partial charge in [0.15, 0.2) is 0 Å². The Morgan fingerprint density at radius 2 is 2.20 bits per heavy atom. The molecule has 2 saturated heterocycles. The van der Waals surface area contributed by atoms with Crippen LogP contribution in [0.1, 0.15) is 16.8 Å². The molecule has 2 N–H and O–H groups in total. The first-order chi connectivity index (χ1) is 11.9. The van der Waals surface area contributed by atoms with Gasteiger partial charge in [-0.05, 0) is 30.4 Å². The third-order valence-electron chi connectivity index (χ3n) is 4.14. The lowest BCUT2D eigenvalue weighted by Crippen LogP contribution is -2.47. The number of amides is 4. The normalized spacial score (nSPS) is 22.2. The van der Waals surface area contributed by atoms with Crippen LogP contribution in [0.4, 0.5) is 10.5 Å². The number of ether oxygens (including phenoxy) is 1. The molecule has 8 nitrogen and oxygen atoms in total. The average Bonchev–Trinajstić information content (AvgIpc) is 3.15. The number of benzene rings is 1. The highest BCUT2D eigenvalue weighted by atomic mass is 32.2. The van der Waals surface area contributed by atoms with Crippen LogP contribution in [0.25, 0.3) is 0 Å². The van der Waals surface area contributed by atoms with Gasteiger partial charge in [-0.2, -0.15) is 11.8 Å². The maximum Gasteiger partial charge on any atom is 0.337 e. The summed E-state index contributed by atoms with van der Waals surface area (Å²) in [6, 6.07) is 5.67. The van der Waals surface area contributed by atoms with Crippen LogP contribution in [0.15, 0.2) is 24.3 Å². The molecule has 1 atom stereocenters. The highest BCUT2D eigenvalue weighted by Crippen LogP contribution is 2.33. The van der Waals surface area contributed by atoms with Crippen molar-refractivity contribution in [1.82, 2.24) is 10.2 Å². The largest absolute Gasteiger partial charge is 0.465 e. The Kier molecular flexibility index (Phi) is 4.67. The number of thioether (sulfide) groups is 1. The van der Waals surface area contributed by atoms with E-state index >= 15 is 0 Å². The van der Waals surface area contributed by atoms with Crippen molar-refractivity contribution in [1.29, 1.82) is 0 Å². The van der Waals surface area contributed by atoms with Gasteiger partial charge in [0.1, 0.15) is 12.1 Å². The van der Waals surface area contributed by atoms with Gasteiger partial charge in [0, 0.05) is 11.4 Å². The molecule has 9 heteroatoms. The summed E-state index contributed by atoms with van der Waals surface area (Å²) in [6.45, 7) is -0.375. The quantitative estimate of drug-likeness (QED) is 0.607. The van der Waals surface area contributed by atoms with E-state index in [4.69, 9.17) is 0 Å². The first-order valence-electron chi connectivity index (χ1n) is 7.65. The Balaban J connectivity index is 1.66. The molecule has 2 heterocycles. The summed E-state index contributed by atoms with van der Waals surface area (Å²) >= 11 is 1.60. The van der Waals surface area contributed by atoms with E-state index in [0.717, 1.165) is 10.7 Å². The molecule has 4 amide bonds. The number of carbonyl (C=O) groups excluding carboxylic acids is 4. The van der Waals surface area contributed by atoms with Crippen molar-refractivity contribution in [3.05, 3.63) is 29.8 Å². The molecule has 0 saturated carbocycles.